The number of hydrogen-bond acceptors (Lipinski definition) is 3. The second-order valence-corrected chi connectivity index (χ2v) is 4.74. The van der Waals surface area contributed by atoms with Crippen molar-refractivity contribution in [3.05, 3.63) is 72.6 Å². The first-order valence-electron chi connectivity index (χ1n) is 6.74. The molecule has 3 nitrogen and oxygen atoms in total. The van der Waals surface area contributed by atoms with Crippen LogP contribution in [0.3, 0.4) is 0 Å². The minimum atomic E-state index is -0.0824. The number of nitrogens with zero attached hydrogens (tertiary/aromatic N) is 2. The number of carbonyl (C=O) groups excluding carboxylic acids is 1. The molecule has 0 N–H and O–H groups in total. The molecule has 3 heteroatoms. The van der Waals surface area contributed by atoms with Gasteiger partial charge in [-0.15, -0.1) is 0 Å². The van der Waals surface area contributed by atoms with Crippen LogP contribution in [-0.2, 0) is 0 Å². The summed E-state index contributed by atoms with van der Waals surface area (Å²) in [6.07, 6.45) is 1.65. The quantitative estimate of drug-likeness (QED) is 0.678. The van der Waals surface area contributed by atoms with E-state index in [1.54, 1.807) is 6.20 Å². The average Bonchev–Trinajstić information content (AvgIpc) is 2.56. The fourth-order valence-electron chi connectivity index (χ4n) is 2.19. The highest BCUT2D eigenvalue weighted by Gasteiger charge is 2.14. The molecule has 102 valence electrons. The summed E-state index contributed by atoms with van der Waals surface area (Å²) in [6, 6.07) is 19.5. The fourth-order valence-corrected chi connectivity index (χ4v) is 2.19. The van der Waals surface area contributed by atoms with E-state index in [1.807, 2.05) is 60.7 Å². The van der Waals surface area contributed by atoms with Gasteiger partial charge in [0, 0.05) is 18.1 Å². The summed E-state index contributed by atoms with van der Waals surface area (Å²) in [5.41, 5.74) is 3.68. The van der Waals surface area contributed by atoms with Crippen LogP contribution >= 0.6 is 0 Å². The van der Waals surface area contributed by atoms with Gasteiger partial charge in [0.2, 0.25) is 0 Å². The van der Waals surface area contributed by atoms with Crippen molar-refractivity contribution < 1.29 is 4.79 Å². The van der Waals surface area contributed by atoms with Gasteiger partial charge >= 0.3 is 0 Å². The summed E-state index contributed by atoms with van der Waals surface area (Å²) in [7, 11) is 0. The summed E-state index contributed by atoms with van der Waals surface area (Å²) >= 11 is 0. The van der Waals surface area contributed by atoms with Crippen molar-refractivity contribution in [1.29, 1.82) is 0 Å². The van der Waals surface area contributed by atoms with Crippen LogP contribution in [0.2, 0.25) is 0 Å². The maximum absolute atomic E-state index is 11.8. The summed E-state index contributed by atoms with van der Waals surface area (Å²) in [5, 5.41) is 0. The van der Waals surface area contributed by atoms with Crippen molar-refractivity contribution in [2.24, 2.45) is 0 Å². The van der Waals surface area contributed by atoms with Crippen LogP contribution in [0, 0.1) is 0 Å². The molecule has 0 bridgehead atoms. The molecular formula is C18H14N2O. The van der Waals surface area contributed by atoms with Crippen molar-refractivity contribution in [3.63, 3.8) is 0 Å². The topological polar surface area (TPSA) is 42.9 Å². The molecular weight excluding hydrogens is 260 g/mol. The predicted octanol–water partition coefficient (Wildman–Crippen LogP) is 4.01. The van der Waals surface area contributed by atoms with Gasteiger partial charge in [0.25, 0.3) is 0 Å². The largest absolute Gasteiger partial charge is 0.293 e. The Balaban J connectivity index is 2.18. The molecule has 0 atom stereocenters. The second-order valence-electron chi connectivity index (χ2n) is 4.74. The van der Waals surface area contributed by atoms with Crippen molar-refractivity contribution in [3.8, 4) is 22.5 Å². The predicted molar refractivity (Wildman–Crippen MR) is 82.9 cm³/mol. The molecule has 1 aromatic heterocycles. The molecule has 0 radical (unpaired) electrons. The van der Waals surface area contributed by atoms with Crippen molar-refractivity contribution in [2.75, 3.05) is 0 Å². The molecule has 0 amide bonds. The van der Waals surface area contributed by atoms with Gasteiger partial charge < -0.3 is 0 Å². The van der Waals surface area contributed by atoms with Crippen LogP contribution in [-0.4, -0.2) is 15.8 Å². The highest BCUT2D eigenvalue weighted by Crippen LogP contribution is 2.24. The van der Waals surface area contributed by atoms with Crippen molar-refractivity contribution in [2.45, 2.75) is 6.92 Å². The van der Waals surface area contributed by atoms with Gasteiger partial charge in [-0.05, 0) is 0 Å². The Morgan fingerprint density at radius 3 is 2.00 bits per heavy atom. The first-order valence-corrected chi connectivity index (χ1v) is 6.74. The molecule has 3 aromatic rings. The van der Waals surface area contributed by atoms with Crippen LogP contribution in [0.4, 0.5) is 0 Å². The molecule has 0 unspecified atom stereocenters. The molecule has 3 rings (SSSR count). The van der Waals surface area contributed by atoms with E-state index in [2.05, 4.69) is 9.97 Å². The molecule has 0 aliphatic rings. The third-order valence-corrected chi connectivity index (χ3v) is 3.22. The maximum atomic E-state index is 11.8. The average molecular weight is 274 g/mol. The van der Waals surface area contributed by atoms with E-state index in [-0.39, 0.29) is 5.78 Å². The highest BCUT2D eigenvalue weighted by molar-refractivity contribution is 5.98. The normalized spacial score (nSPS) is 10.3. The maximum Gasteiger partial charge on any atom is 0.180 e. The lowest BCUT2D eigenvalue weighted by Gasteiger charge is -2.08. The lowest BCUT2D eigenvalue weighted by Crippen LogP contribution is -2.03. The Kier molecular flexibility index (Phi) is 3.56. The van der Waals surface area contributed by atoms with Crippen LogP contribution < -0.4 is 0 Å². The minimum absolute atomic E-state index is 0.0824. The van der Waals surface area contributed by atoms with Gasteiger partial charge in [0.1, 0.15) is 11.4 Å². The Bertz CT molecular complexity index is 768. The van der Waals surface area contributed by atoms with E-state index in [1.165, 1.54) is 6.92 Å². The van der Waals surface area contributed by atoms with Gasteiger partial charge in [0.15, 0.2) is 5.78 Å². The van der Waals surface area contributed by atoms with Crippen LogP contribution in [0.25, 0.3) is 22.5 Å². The highest BCUT2D eigenvalue weighted by atomic mass is 16.1. The smallest absolute Gasteiger partial charge is 0.180 e. The lowest BCUT2D eigenvalue weighted by atomic mass is 10.1. The number of benzene rings is 2. The molecule has 0 saturated carbocycles. The van der Waals surface area contributed by atoms with E-state index in [0.717, 1.165) is 16.8 Å². The monoisotopic (exact) mass is 274 g/mol. The van der Waals surface area contributed by atoms with Crippen LogP contribution in [0.1, 0.15) is 17.4 Å². The molecule has 21 heavy (non-hydrogen) atoms. The minimum Gasteiger partial charge on any atom is -0.293 e. The summed E-state index contributed by atoms with van der Waals surface area (Å²) in [5.74, 6) is -0.0824. The summed E-state index contributed by atoms with van der Waals surface area (Å²) < 4.78 is 0. The number of hydrogen-bond donors (Lipinski definition) is 0. The number of aromatic nitrogens is 2. The Morgan fingerprint density at radius 1 is 0.857 bits per heavy atom. The second kappa shape index (κ2) is 5.67. The molecule has 2 aromatic carbocycles. The Labute approximate surface area is 123 Å². The zero-order valence-corrected chi connectivity index (χ0v) is 11.7. The van der Waals surface area contributed by atoms with E-state index >= 15 is 0 Å². The number of Topliss-reactive ketones (excluding diaryl/α,β-unsaturated/α-hetero) is 1. The van der Waals surface area contributed by atoms with Crippen LogP contribution in [0.5, 0.6) is 0 Å². The van der Waals surface area contributed by atoms with Gasteiger partial charge in [0.05, 0.1) is 11.9 Å². The molecule has 0 spiro atoms. The van der Waals surface area contributed by atoms with Gasteiger partial charge in [-0.3, -0.25) is 4.79 Å². The molecule has 0 aliphatic heterocycles. The van der Waals surface area contributed by atoms with E-state index in [9.17, 15) is 4.79 Å². The molecule has 1 heterocycles. The SMILES string of the molecule is CC(=O)c1ncc(-c2ccccc2)nc1-c1ccccc1. The van der Waals surface area contributed by atoms with Crippen LogP contribution in [0.15, 0.2) is 66.9 Å². The number of rotatable bonds is 3. The first-order chi connectivity index (χ1) is 10.3. The first kappa shape index (κ1) is 13.2. The lowest BCUT2D eigenvalue weighted by molar-refractivity contribution is 0.101. The Hall–Kier alpha value is -2.81. The summed E-state index contributed by atoms with van der Waals surface area (Å²) in [6.45, 7) is 1.51. The standard InChI is InChI=1S/C18H14N2O/c1-13(21)17-18(15-10-6-3-7-11-15)20-16(12-19-17)14-8-4-2-5-9-14/h2-12H,1H3. The van der Waals surface area contributed by atoms with Gasteiger partial charge in [-0.2, -0.15) is 0 Å². The summed E-state index contributed by atoms with van der Waals surface area (Å²) in [4.78, 5) is 20.8. The third-order valence-electron chi connectivity index (χ3n) is 3.22. The fraction of sp³-hybridized carbons (Fsp3) is 0.0556. The third kappa shape index (κ3) is 2.72. The van der Waals surface area contributed by atoms with E-state index in [4.69, 9.17) is 0 Å². The van der Waals surface area contributed by atoms with Gasteiger partial charge in [-0.1, -0.05) is 60.7 Å². The zero-order valence-electron chi connectivity index (χ0n) is 11.7. The van der Waals surface area contributed by atoms with Gasteiger partial charge in [-0.25, -0.2) is 9.97 Å². The molecule has 0 aliphatic carbocycles. The Morgan fingerprint density at radius 2 is 1.43 bits per heavy atom. The van der Waals surface area contributed by atoms with Crippen molar-refractivity contribution in [1.82, 2.24) is 9.97 Å². The number of ketones is 1. The van der Waals surface area contributed by atoms with Crippen molar-refractivity contribution >= 4 is 5.78 Å². The zero-order chi connectivity index (χ0) is 14.7. The molecule has 0 fully saturated rings. The molecule has 0 saturated heterocycles. The number of carbonyl (C=O) groups is 1. The van der Waals surface area contributed by atoms with E-state index in [0.29, 0.717) is 11.4 Å². The van der Waals surface area contributed by atoms with E-state index < -0.39 is 0 Å².